The number of ether oxygens (including phenoxy) is 1. The normalized spacial score (nSPS) is 18.2. The predicted octanol–water partition coefficient (Wildman–Crippen LogP) is 1.84. The van der Waals surface area contributed by atoms with Crippen LogP contribution >= 0.6 is 24.0 Å². The maximum absolute atomic E-state index is 12.6. The summed E-state index contributed by atoms with van der Waals surface area (Å²) in [6.45, 7) is 6.55. The first-order chi connectivity index (χ1) is 13.0. The molecule has 0 saturated carbocycles. The molecule has 0 radical (unpaired) electrons. The van der Waals surface area contributed by atoms with E-state index in [1.54, 1.807) is 6.92 Å². The van der Waals surface area contributed by atoms with E-state index < -0.39 is 22.6 Å². The Balaban J connectivity index is 0.00000784. The number of halogens is 4. The number of sulfone groups is 1. The fourth-order valence-electron chi connectivity index (χ4n) is 3.05. The average Bonchev–Trinajstić information content (AvgIpc) is 3.02. The molecule has 1 rings (SSSR count). The SMILES string of the molecule is CCNC(=NCCOCCS(C)(=O)=O)N1CCC(CN(CC)CC(F)(F)F)C1.I. The minimum atomic E-state index is -4.18. The van der Waals surface area contributed by atoms with Gasteiger partial charge in [0.25, 0.3) is 0 Å². The van der Waals surface area contributed by atoms with Gasteiger partial charge in [0.15, 0.2) is 5.96 Å². The number of rotatable bonds is 11. The van der Waals surface area contributed by atoms with E-state index in [0.717, 1.165) is 25.2 Å². The summed E-state index contributed by atoms with van der Waals surface area (Å²) in [5, 5.41) is 3.20. The number of hydrogen-bond donors (Lipinski definition) is 1. The van der Waals surface area contributed by atoms with Gasteiger partial charge in [0.2, 0.25) is 0 Å². The van der Waals surface area contributed by atoms with Gasteiger partial charge in [-0.25, -0.2) is 8.42 Å². The quantitative estimate of drug-likeness (QED) is 0.181. The highest BCUT2D eigenvalue weighted by molar-refractivity contribution is 14.0. The Hall–Kier alpha value is -0.340. The van der Waals surface area contributed by atoms with E-state index >= 15 is 0 Å². The molecule has 1 fully saturated rings. The predicted molar refractivity (Wildman–Crippen MR) is 120 cm³/mol. The van der Waals surface area contributed by atoms with Gasteiger partial charge in [-0.15, -0.1) is 24.0 Å². The number of nitrogens with zero attached hydrogens (tertiary/aromatic N) is 3. The first kappa shape index (κ1) is 28.7. The summed E-state index contributed by atoms with van der Waals surface area (Å²) in [6.07, 6.45) is -2.19. The molecule has 1 atom stereocenters. The monoisotopic (exact) mass is 558 g/mol. The van der Waals surface area contributed by atoms with Crippen molar-refractivity contribution < 1.29 is 26.3 Å². The fraction of sp³-hybridized carbons (Fsp3) is 0.941. The second-order valence-corrected chi connectivity index (χ2v) is 9.28. The Labute approximate surface area is 189 Å². The second kappa shape index (κ2) is 13.9. The zero-order valence-corrected chi connectivity index (χ0v) is 20.5. The number of alkyl halides is 3. The van der Waals surface area contributed by atoms with E-state index in [0.29, 0.717) is 39.3 Å². The molecular weight excluding hydrogens is 524 g/mol. The van der Waals surface area contributed by atoms with Crippen molar-refractivity contribution in [3.05, 3.63) is 0 Å². The molecule has 0 aromatic carbocycles. The molecule has 1 heterocycles. The minimum Gasteiger partial charge on any atom is -0.378 e. The fourth-order valence-corrected chi connectivity index (χ4v) is 3.47. The van der Waals surface area contributed by atoms with Crippen molar-refractivity contribution in [1.82, 2.24) is 15.1 Å². The molecule has 0 aromatic rings. The maximum atomic E-state index is 12.6. The van der Waals surface area contributed by atoms with E-state index in [2.05, 4.69) is 15.2 Å². The third kappa shape index (κ3) is 13.6. The van der Waals surface area contributed by atoms with Gasteiger partial charge in [-0.05, 0) is 25.8 Å². The van der Waals surface area contributed by atoms with Crippen LogP contribution in [0.4, 0.5) is 13.2 Å². The van der Waals surface area contributed by atoms with Gasteiger partial charge in [-0.3, -0.25) is 9.89 Å². The number of nitrogens with one attached hydrogen (secondary N) is 1. The molecule has 0 bridgehead atoms. The van der Waals surface area contributed by atoms with Crippen molar-refractivity contribution in [2.24, 2.45) is 10.9 Å². The molecular formula is C17H34F3IN4O3S. The van der Waals surface area contributed by atoms with Gasteiger partial charge < -0.3 is 15.0 Å². The maximum Gasteiger partial charge on any atom is 0.401 e. The summed E-state index contributed by atoms with van der Waals surface area (Å²) in [6, 6.07) is 0. The van der Waals surface area contributed by atoms with Crippen LogP contribution in [-0.4, -0.2) is 101 Å². The lowest BCUT2D eigenvalue weighted by Crippen LogP contribution is -2.42. The third-order valence-electron chi connectivity index (χ3n) is 4.38. The van der Waals surface area contributed by atoms with Crippen LogP contribution in [0.3, 0.4) is 0 Å². The van der Waals surface area contributed by atoms with Crippen LogP contribution < -0.4 is 5.32 Å². The van der Waals surface area contributed by atoms with E-state index in [9.17, 15) is 21.6 Å². The van der Waals surface area contributed by atoms with Crippen LogP contribution in [-0.2, 0) is 14.6 Å². The number of guanidine groups is 1. The number of hydrogen-bond acceptors (Lipinski definition) is 5. The van der Waals surface area contributed by atoms with Crippen molar-refractivity contribution in [3.63, 3.8) is 0 Å². The Morgan fingerprint density at radius 1 is 1.31 bits per heavy atom. The van der Waals surface area contributed by atoms with Crippen molar-refractivity contribution in [3.8, 4) is 0 Å². The van der Waals surface area contributed by atoms with Crippen LogP contribution in [0.1, 0.15) is 20.3 Å². The van der Waals surface area contributed by atoms with Gasteiger partial charge in [-0.1, -0.05) is 6.92 Å². The highest BCUT2D eigenvalue weighted by Gasteiger charge is 2.32. The van der Waals surface area contributed by atoms with Gasteiger partial charge in [0, 0.05) is 32.4 Å². The van der Waals surface area contributed by atoms with Crippen molar-refractivity contribution in [1.29, 1.82) is 0 Å². The smallest absolute Gasteiger partial charge is 0.378 e. The van der Waals surface area contributed by atoms with E-state index in [4.69, 9.17) is 4.74 Å². The van der Waals surface area contributed by atoms with Crippen molar-refractivity contribution >= 4 is 39.8 Å². The lowest BCUT2D eigenvalue weighted by Gasteiger charge is -2.26. The Morgan fingerprint density at radius 2 is 2.00 bits per heavy atom. The molecule has 12 heteroatoms. The summed E-state index contributed by atoms with van der Waals surface area (Å²) in [4.78, 5) is 7.99. The van der Waals surface area contributed by atoms with E-state index in [1.165, 1.54) is 4.90 Å². The van der Waals surface area contributed by atoms with Crippen LogP contribution in [0, 0.1) is 5.92 Å². The summed E-state index contributed by atoms with van der Waals surface area (Å²) in [7, 11) is -3.04. The summed E-state index contributed by atoms with van der Waals surface area (Å²) >= 11 is 0. The van der Waals surface area contributed by atoms with Crippen molar-refractivity contribution in [2.45, 2.75) is 26.4 Å². The Morgan fingerprint density at radius 3 is 2.55 bits per heavy atom. The zero-order valence-electron chi connectivity index (χ0n) is 17.4. The molecule has 174 valence electrons. The minimum absolute atomic E-state index is 0. The van der Waals surface area contributed by atoms with Gasteiger partial charge >= 0.3 is 6.18 Å². The first-order valence-electron chi connectivity index (χ1n) is 9.62. The molecule has 7 nitrogen and oxygen atoms in total. The summed E-state index contributed by atoms with van der Waals surface area (Å²) < 4.78 is 65.3. The average molecular weight is 558 g/mol. The lowest BCUT2D eigenvalue weighted by atomic mass is 10.1. The molecule has 0 amide bonds. The molecule has 0 spiro atoms. The zero-order chi connectivity index (χ0) is 21.2. The topological polar surface area (TPSA) is 74.2 Å². The molecule has 0 aromatic heterocycles. The molecule has 0 aliphatic carbocycles. The Bertz CT molecular complexity index is 591. The van der Waals surface area contributed by atoms with Crippen LogP contribution in [0.15, 0.2) is 4.99 Å². The molecule has 1 aliphatic heterocycles. The lowest BCUT2D eigenvalue weighted by molar-refractivity contribution is -0.146. The number of aliphatic imine (C=N–C) groups is 1. The van der Waals surface area contributed by atoms with Gasteiger partial charge in [0.1, 0.15) is 9.84 Å². The van der Waals surface area contributed by atoms with E-state index in [1.807, 2.05) is 6.92 Å². The second-order valence-electron chi connectivity index (χ2n) is 7.02. The third-order valence-corrected chi connectivity index (χ3v) is 5.29. The molecule has 29 heavy (non-hydrogen) atoms. The first-order valence-corrected chi connectivity index (χ1v) is 11.7. The van der Waals surface area contributed by atoms with Crippen molar-refractivity contribution in [2.75, 3.05) is 71.0 Å². The molecule has 1 saturated heterocycles. The molecule has 1 unspecified atom stereocenters. The highest BCUT2D eigenvalue weighted by atomic mass is 127. The standard InChI is InChI=1S/C17H33F3N4O3S.HI/c1-4-21-16(22-7-9-27-10-11-28(3,25)26)24-8-6-15(13-24)12-23(5-2)14-17(18,19)20;/h15H,4-14H2,1-3H3,(H,21,22);1H. The molecule has 1 aliphatic rings. The van der Waals surface area contributed by atoms with Crippen LogP contribution in [0.2, 0.25) is 0 Å². The van der Waals surface area contributed by atoms with Crippen LogP contribution in [0.5, 0.6) is 0 Å². The largest absolute Gasteiger partial charge is 0.401 e. The summed E-state index contributed by atoms with van der Waals surface area (Å²) in [5.74, 6) is 0.865. The summed E-state index contributed by atoms with van der Waals surface area (Å²) in [5.41, 5.74) is 0. The highest BCUT2D eigenvalue weighted by Crippen LogP contribution is 2.21. The van der Waals surface area contributed by atoms with Gasteiger partial charge in [0.05, 0.1) is 32.1 Å². The van der Waals surface area contributed by atoms with E-state index in [-0.39, 0.29) is 42.3 Å². The van der Waals surface area contributed by atoms with Gasteiger partial charge in [-0.2, -0.15) is 13.2 Å². The number of likely N-dealkylation sites (tertiary alicyclic amines) is 1. The van der Waals surface area contributed by atoms with Crippen LogP contribution in [0.25, 0.3) is 0 Å². The molecule has 1 N–H and O–H groups in total. The Kier molecular flexibility index (Phi) is 13.7.